The molecule has 1 heterocycles. The van der Waals surface area contributed by atoms with Gasteiger partial charge in [0.15, 0.2) is 0 Å². The maximum atomic E-state index is 12.3. The van der Waals surface area contributed by atoms with Gasteiger partial charge in [0.05, 0.1) is 6.67 Å². The minimum atomic E-state index is -0.259. The van der Waals surface area contributed by atoms with Crippen molar-refractivity contribution in [3.63, 3.8) is 0 Å². The SMILES string of the molecule is FCCc1cccc(CC2CCCCN2)c1. The number of halogens is 1. The molecule has 1 nitrogen and oxygen atoms in total. The van der Waals surface area contributed by atoms with Crippen LogP contribution in [0.2, 0.25) is 0 Å². The quantitative estimate of drug-likeness (QED) is 0.824. The Morgan fingerprint density at radius 1 is 1.25 bits per heavy atom. The molecule has 1 aromatic rings. The number of rotatable bonds is 4. The van der Waals surface area contributed by atoms with Crippen LogP contribution in [-0.4, -0.2) is 19.3 Å². The van der Waals surface area contributed by atoms with Gasteiger partial charge in [-0.1, -0.05) is 30.7 Å². The summed E-state index contributed by atoms with van der Waals surface area (Å²) in [5.41, 5.74) is 2.46. The average molecular weight is 221 g/mol. The summed E-state index contributed by atoms with van der Waals surface area (Å²) in [6.07, 6.45) is 5.54. The van der Waals surface area contributed by atoms with Crippen molar-refractivity contribution in [2.75, 3.05) is 13.2 Å². The van der Waals surface area contributed by atoms with Crippen LogP contribution in [0.5, 0.6) is 0 Å². The summed E-state index contributed by atoms with van der Waals surface area (Å²) in [5, 5.41) is 3.54. The Morgan fingerprint density at radius 3 is 2.88 bits per heavy atom. The van der Waals surface area contributed by atoms with Crippen LogP contribution in [0.3, 0.4) is 0 Å². The molecule has 1 aliphatic rings. The zero-order valence-corrected chi connectivity index (χ0v) is 9.71. The summed E-state index contributed by atoms with van der Waals surface area (Å²) in [6, 6.07) is 8.98. The average Bonchev–Trinajstić information content (AvgIpc) is 2.31. The van der Waals surface area contributed by atoms with Gasteiger partial charge >= 0.3 is 0 Å². The van der Waals surface area contributed by atoms with Crippen molar-refractivity contribution < 1.29 is 4.39 Å². The van der Waals surface area contributed by atoms with Crippen molar-refractivity contribution in [1.29, 1.82) is 0 Å². The van der Waals surface area contributed by atoms with E-state index in [1.807, 2.05) is 12.1 Å². The minimum Gasteiger partial charge on any atom is -0.314 e. The highest BCUT2D eigenvalue weighted by Gasteiger charge is 2.12. The number of piperidine rings is 1. The van der Waals surface area contributed by atoms with Gasteiger partial charge in [0, 0.05) is 12.5 Å². The Bertz CT molecular complexity index is 318. The van der Waals surface area contributed by atoms with E-state index in [0.717, 1.165) is 18.5 Å². The number of alkyl halides is 1. The lowest BCUT2D eigenvalue weighted by atomic mass is 9.96. The van der Waals surface area contributed by atoms with Crippen molar-refractivity contribution in [3.05, 3.63) is 35.4 Å². The smallest absolute Gasteiger partial charge is 0.0934 e. The third kappa shape index (κ3) is 3.31. The van der Waals surface area contributed by atoms with E-state index in [1.165, 1.54) is 24.8 Å². The molecule has 0 spiro atoms. The number of aryl methyl sites for hydroxylation is 1. The Kier molecular flexibility index (Phi) is 4.34. The molecule has 1 N–H and O–H groups in total. The van der Waals surface area contributed by atoms with Crippen LogP contribution in [0.4, 0.5) is 4.39 Å². The van der Waals surface area contributed by atoms with Crippen LogP contribution in [0.15, 0.2) is 24.3 Å². The molecule has 0 saturated carbocycles. The zero-order chi connectivity index (χ0) is 11.2. The second-order valence-corrected chi connectivity index (χ2v) is 4.61. The topological polar surface area (TPSA) is 12.0 Å². The van der Waals surface area contributed by atoms with E-state index in [9.17, 15) is 4.39 Å². The van der Waals surface area contributed by atoms with E-state index in [4.69, 9.17) is 0 Å². The first-order chi connectivity index (χ1) is 7.88. The molecular weight excluding hydrogens is 201 g/mol. The molecular formula is C14H20FN. The molecule has 0 amide bonds. The van der Waals surface area contributed by atoms with Crippen molar-refractivity contribution in [2.24, 2.45) is 0 Å². The number of hydrogen-bond donors (Lipinski definition) is 1. The highest BCUT2D eigenvalue weighted by atomic mass is 19.1. The summed E-state index contributed by atoms with van der Waals surface area (Å²) in [7, 11) is 0. The Balaban J connectivity index is 1.94. The Labute approximate surface area is 97.1 Å². The van der Waals surface area contributed by atoms with Gasteiger partial charge < -0.3 is 5.32 Å². The third-order valence-corrected chi connectivity index (χ3v) is 3.27. The highest BCUT2D eigenvalue weighted by molar-refractivity contribution is 5.24. The molecule has 1 atom stereocenters. The molecule has 1 aliphatic heterocycles. The third-order valence-electron chi connectivity index (χ3n) is 3.27. The van der Waals surface area contributed by atoms with Crippen LogP contribution in [-0.2, 0) is 12.8 Å². The first-order valence-electron chi connectivity index (χ1n) is 6.25. The molecule has 1 aromatic carbocycles. The fourth-order valence-corrected chi connectivity index (χ4v) is 2.40. The monoisotopic (exact) mass is 221 g/mol. The van der Waals surface area contributed by atoms with Gasteiger partial charge in [0.25, 0.3) is 0 Å². The molecule has 16 heavy (non-hydrogen) atoms. The minimum absolute atomic E-state index is 0.259. The Hall–Kier alpha value is -0.890. The second-order valence-electron chi connectivity index (χ2n) is 4.61. The molecule has 0 aromatic heterocycles. The summed E-state index contributed by atoms with van der Waals surface area (Å²) >= 11 is 0. The molecule has 2 rings (SSSR count). The maximum absolute atomic E-state index is 12.3. The molecule has 1 saturated heterocycles. The molecule has 0 radical (unpaired) electrons. The van der Waals surface area contributed by atoms with E-state index in [-0.39, 0.29) is 6.67 Å². The van der Waals surface area contributed by atoms with Gasteiger partial charge in [-0.2, -0.15) is 0 Å². The standard InChI is InChI=1S/C14H20FN/c15-8-7-12-4-3-5-13(10-12)11-14-6-1-2-9-16-14/h3-5,10,14,16H,1-2,6-9,11H2. The Morgan fingerprint density at radius 2 is 2.12 bits per heavy atom. The van der Waals surface area contributed by atoms with Gasteiger partial charge in [-0.25, -0.2) is 0 Å². The van der Waals surface area contributed by atoms with E-state index < -0.39 is 0 Å². The van der Waals surface area contributed by atoms with Crippen LogP contribution in [0, 0.1) is 0 Å². The highest BCUT2D eigenvalue weighted by Crippen LogP contribution is 2.14. The van der Waals surface area contributed by atoms with Crippen molar-refractivity contribution >= 4 is 0 Å². The fraction of sp³-hybridized carbons (Fsp3) is 0.571. The van der Waals surface area contributed by atoms with E-state index in [2.05, 4.69) is 17.4 Å². The summed E-state index contributed by atoms with van der Waals surface area (Å²) in [6.45, 7) is 0.889. The number of benzene rings is 1. The summed E-state index contributed by atoms with van der Waals surface area (Å²) < 4.78 is 12.3. The van der Waals surface area contributed by atoms with E-state index in [0.29, 0.717) is 12.5 Å². The van der Waals surface area contributed by atoms with Crippen LogP contribution < -0.4 is 5.32 Å². The van der Waals surface area contributed by atoms with Crippen molar-refractivity contribution in [1.82, 2.24) is 5.32 Å². The van der Waals surface area contributed by atoms with Crippen LogP contribution in [0.25, 0.3) is 0 Å². The predicted molar refractivity (Wildman–Crippen MR) is 65.5 cm³/mol. The molecule has 1 fully saturated rings. The predicted octanol–water partition coefficient (Wildman–Crippen LogP) is 2.88. The van der Waals surface area contributed by atoms with Gasteiger partial charge in [-0.15, -0.1) is 0 Å². The molecule has 88 valence electrons. The number of hydrogen-bond acceptors (Lipinski definition) is 1. The van der Waals surface area contributed by atoms with Crippen LogP contribution >= 0.6 is 0 Å². The van der Waals surface area contributed by atoms with Gasteiger partial charge in [0.2, 0.25) is 0 Å². The van der Waals surface area contributed by atoms with Crippen molar-refractivity contribution in [3.8, 4) is 0 Å². The lowest BCUT2D eigenvalue weighted by Crippen LogP contribution is -2.35. The van der Waals surface area contributed by atoms with E-state index in [1.54, 1.807) is 0 Å². The van der Waals surface area contributed by atoms with Gasteiger partial charge in [-0.05, 0) is 36.9 Å². The van der Waals surface area contributed by atoms with Crippen molar-refractivity contribution in [2.45, 2.75) is 38.1 Å². The fourth-order valence-electron chi connectivity index (χ4n) is 2.40. The second kappa shape index (κ2) is 6.00. The van der Waals surface area contributed by atoms with E-state index >= 15 is 0 Å². The lowest BCUT2D eigenvalue weighted by molar-refractivity contribution is 0.399. The first-order valence-corrected chi connectivity index (χ1v) is 6.25. The van der Waals surface area contributed by atoms with Gasteiger partial charge in [-0.3, -0.25) is 4.39 Å². The molecule has 0 aliphatic carbocycles. The normalized spacial score (nSPS) is 20.9. The summed E-state index contributed by atoms with van der Waals surface area (Å²) in [4.78, 5) is 0. The first kappa shape index (κ1) is 11.6. The molecule has 1 unspecified atom stereocenters. The molecule has 2 heteroatoms. The zero-order valence-electron chi connectivity index (χ0n) is 9.71. The van der Waals surface area contributed by atoms with Crippen LogP contribution in [0.1, 0.15) is 30.4 Å². The molecule has 0 bridgehead atoms. The maximum Gasteiger partial charge on any atom is 0.0934 e. The largest absolute Gasteiger partial charge is 0.314 e. The van der Waals surface area contributed by atoms with Gasteiger partial charge in [0.1, 0.15) is 0 Å². The summed E-state index contributed by atoms with van der Waals surface area (Å²) in [5.74, 6) is 0. The lowest BCUT2D eigenvalue weighted by Gasteiger charge is -2.23. The number of nitrogens with one attached hydrogen (secondary N) is 1.